The second kappa shape index (κ2) is 7.75. The van der Waals surface area contributed by atoms with E-state index < -0.39 is 10.0 Å². The first-order valence-electron chi connectivity index (χ1n) is 9.78. The monoisotopic (exact) mass is 447 g/mol. The molecule has 0 aliphatic carbocycles. The van der Waals surface area contributed by atoms with Crippen molar-refractivity contribution in [3.8, 4) is 0 Å². The summed E-state index contributed by atoms with van der Waals surface area (Å²) in [5.74, 6) is 0.352. The third kappa shape index (κ3) is 3.86. The van der Waals surface area contributed by atoms with E-state index in [-0.39, 0.29) is 10.8 Å². The molecule has 0 bridgehead atoms. The first kappa shape index (κ1) is 21.0. The van der Waals surface area contributed by atoms with Gasteiger partial charge in [0.15, 0.2) is 10.9 Å². The molecule has 8 nitrogen and oxygen atoms in total. The van der Waals surface area contributed by atoms with Gasteiger partial charge in [0.2, 0.25) is 10.0 Å². The molecule has 0 radical (unpaired) electrons. The van der Waals surface area contributed by atoms with Crippen LogP contribution < -0.4 is 5.32 Å². The first-order valence-corrected chi connectivity index (χ1v) is 12.0. The minimum absolute atomic E-state index is 0.0282. The number of nitrogens with zero attached hydrogens (tertiary/aromatic N) is 4. The van der Waals surface area contributed by atoms with Crippen LogP contribution in [0.15, 0.2) is 21.6 Å². The Balaban J connectivity index is 1.56. The van der Waals surface area contributed by atoms with E-state index in [1.807, 2.05) is 32.9 Å². The Labute approximate surface area is 180 Å². The number of rotatable bonds is 5. The van der Waals surface area contributed by atoms with Crippen molar-refractivity contribution >= 4 is 32.2 Å². The van der Waals surface area contributed by atoms with Gasteiger partial charge in [0.05, 0.1) is 5.69 Å². The molecule has 1 N–H and O–H groups in total. The lowest BCUT2D eigenvalue weighted by Gasteiger charge is -2.17. The van der Waals surface area contributed by atoms with Gasteiger partial charge in [-0.15, -0.1) is 11.3 Å². The molecule has 160 valence electrons. The summed E-state index contributed by atoms with van der Waals surface area (Å²) in [6.45, 7) is 10.1. The van der Waals surface area contributed by atoms with Crippen molar-refractivity contribution in [2.45, 2.75) is 51.9 Å². The van der Waals surface area contributed by atoms with Gasteiger partial charge in [0.1, 0.15) is 10.6 Å². The molecule has 0 saturated carbocycles. The fourth-order valence-electron chi connectivity index (χ4n) is 3.79. The maximum Gasteiger partial charge on any atom is 0.248 e. The fourth-order valence-corrected chi connectivity index (χ4v) is 6.41. The molecule has 1 saturated heterocycles. The highest BCUT2D eigenvalue weighted by atomic mass is 32.2. The molecule has 3 aromatic rings. The van der Waals surface area contributed by atoms with Crippen molar-refractivity contribution in [3.63, 3.8) is 0 Å². The van der Waals surface area contributed by atoms with E-state index in [1.165, 1.54) is 9.18 Å². The lowest BCUT2D eigenvalue weighted by molar-refractivity contribution is 0.389. The number of anilines is 2. The summed E-state index contributed by atoms with van der Waals surface area (Å²) in [7, 11) is -3.64. The molecule has 0 amide bonds. The van der Waals surface area contributed by atoms with Gasteiger partial charge >= 0.3 is 0 Å². The number of sulfonamides is 1. The van der Waals surface area contributed by atoms with Crippen molar-refractivity contribution in [1.29, 1.82) is 0 Å². The Morgan fingerprint density at radius 2 is 1.90 bits per heavy atom. The maximum absolute atomic E-state index is 13.1. The van der Waals surface area contributed by atoms with Crippen LogP contribution in [-0.4, -0.2) is 40.9 Å². The normalized spacial score (nSPS) is 17.6. The maximum atomic E-state index is 13.1. The Morgan fingerprint density at radius 1 is 1.13 bits per heavy atom. The third-order valence-corrected chi connectivity index (χ3v) is 8.49. The van der Waals surface area contributed by atoms with Gasteiger partial charge in [0, 0.05) is 41.0 Å². The van der Waals surface area contributed by atoms with Crippen LogP contribution in [0.2, 0.25) is 0 Å². The average Bonchev–Trinajstić information content (AvgIpc) is 3.35. The largest absolute Gasteiger partial charge is 0.360 e. The number of pyridine rings is 1. The van der Waals surface area contributed by atoms with Crippen LogP contribution in [0.4, 0.5) is 10.8 Å². The molecule has 10 heteroatoms. The smallest absolute Gasteiger partial charge is 0.248 e. The van der Waals surface area contributed by atoms with E-state index in [0.29, 0.717) is 31.0 Å². The number of hydrogen-bond acceptors (Lipinski definition) is 8. The Morgan fingerprint density at radius 3 is 2.53 bits per heavy atom. The summed E-state index contributed by atoms with van der Waals surface area (Å²) in [5.41, 5.74) is 4.10. The average molecular weight is 448 g/mol. The topological polar surface area (TPSA) is 101 Å². The SMILES string of the molecule is Cc1cc(Nc2nc(C)c(C)s2)cc(C2CCN(S(=O)(=O)c3c(C)noc3C)C2)n1. The molecule has 3 aromatic heterocycles. The molecule has 1 unspecified atom stereocenters. The van der Waals surface area contributed by atoms with E-state index in [9.17, 15) is 8.42 Å². The zero-order chi connectivity index (χ0) is 21.6. The minimum Gasteiger partial charge on any atom is -0.360 e. The van der Waals surface area contributed by atoms with Crippen molar-refractivity contribution in [3.05, 3.63) is 45.5 Å². The molecule has 4 rings (SSSR count). The molecule has 4 heterocycles. The number of aryl methyl sites for hydroxylation is 5. The van der Waals surface area contributed by atoms with Crippen LogP contribution in [-0.2, 0) is 10.0 Å². The van der Waals surface area contributed by atoms with Crippen LogP contribution in [0.25, 0.3) is 0 Å². The van der Waals surface area contributed by atoms with Gasteiger partial charge in [-0.25, -0.2) is 13.4 Å². The molecule has 30 heavy (non-hydrogen) atoms. The highest BCUT2D eigenvalue weighted by Gasteiger charge is 2.37. The number of nitrogens with one attached hydrogen (secondary N) is 1. The standard InChI is InChI=1S/C20H25N5O3S2/c1-11-8-17(23-20-22-12(2)15(5)29-20)9-18(21-11)16-6-7-25(10-16)30(26,27)19-13(3)24-28-14(19)4/h8-9,16H,6-7,10H2,1-5H3,(H,21,22,23). The highest BCUT2D eigenvalue weighted by molar-refractivity contribution is 7.89. The van der Waals surface area contributed by atoms with Gasteiger partial charge in [-0.3, -0.25) is 4.98 Å². The molecular weight excluding hydrogens is 422 g/mol. The predicted octanol–water partition coefficient (Wildman–Crippen LogP) is 3.99. The van der Waals surface area contributed by atoms with E-state index in [1.54, 1.807) is 25.2 Å². The van der Waals surface area contributed by atoms with Gasteiger partial charge in [-0.1, -0.05) is 5.16 Å². The van der Waals surface area contributed by atoms with Crippen molar-refractivity contribution in [1.82, 2.24) is 19.4 Å². The quantitative estimate of drug-likeness (QED) is 0.631. The predicted molar refractivity (Wildman–Crippen MR) is 116 cm³/mol. The summed E-state index contributed by atoms with van der Waals surface area (Å²) >= 11 is 1.61. The van der Waals surface area contributed by atoms with Crippen LogP contribution in [0, 0.1) is 34.6 Å². The molecule has 1 aliphatic rings. The van der Waals surface area contributed by atoms with Crippen LogP contribution >= 0.6 is 11.3 Å². The first-order chi connectivity index (χ1) is 14.1. The summed E-state index contributed by atoms with van der Waals surface area (Å²) in [6.07, 6.45) is 0.716. The van der Waals surface area contributed by atoms with Gasteiger partial charge in [0.25, 0.3) is 0 Å². The molecule has 1 fully saturated rings. The highest BCUT2D eigenvalue weighted by Crippen LogP contribution is 2.34. The van der Waals surface area contributed by atoms with Crippen LogP contribution in [0.3, 0.4) is 0 Å². The number of thiazole rings is 1. The lowest BCUT2D eigenvalue weighted by atomic mass is 10.0. The zero-order valence-corrected chi connectivity index (χ0v) is 19.3. The summed E-state index contributed by atoms with van der Waals surface area (Å²) < 4.78 is 32.8. The second-order valence-electron chi connectivity index (χ2n) is 7.71. The van der Waals surface area contributed by atoms with E-state index in [4.69, 9.17) is 4.52 Å². The zero-order valence-electron chi connectivity index (χ0n) is 17.7. The van der Waals surface area contributed by atoms with Crippen molar-refractivity contribution in [2.75, 3.05) is 18.4 Å². The Hall–Kier alpha value is -2.30. The number of hydrogen-bond donors (Lipinski definition) is 1. The van der Waals surface area contributed by atoms with Crippen LogP contribution in [0.5, 0.6) is 0 Å². The van der Waals surface area contributed by atoms with E-state index in [2.05, 4.69) is 20.4 Å². The van der Waals surface area contributed by atoms with Crippen LogP contribution in [0.1, 0.15) is 45.8 Å². The summed E-state index contributed by atoms with van der Waals surface area (Å²) in [4.78, 5) is 10.6. The summed E-state index contributed by atoms with van der Waals surface area (Å²) in [6, 6.07) is 3.97. The molecule has 1 aliphatic heterocycles. The minimum atomic E-state index is -3.64. The fraction of sp³-hybridized carbons (Fsp3) is 0.450. The van der Waals surface area contributed by atoms with Gasteiger partial charge in [-0.05, 0) is 53.2 Å². The molecule has 0 aromatic carbocycles. The van der Waals surface area contributed by atoms with E-state index >= 15 is 0 Å². The van der Waals surface area contributed by atoms with Crippen molar-refractivity contribution < 1.29 is 12.9 Å². The van der Waals surface area contributed by atoms with Gasteiger partial charge in [-0.2, -0.15) is 4.31 Å². The Bertz CT molecular complexity index is 1160. The summed E-state index contributed by atoms with van der Waals surface area (Å²) in [5, 5.41) is 8.00. The lowest BCUT2D eigenvalue weighted by Crippen LogP contribution is -2.29. The van der Waals surface area contributed by atoms with E-state index in [0.717, 1.165) is 27.9 Å². The third-order valence-electron chi connectivity index (χ3n) is 5.39. The molecule has 0 spiro atoms. The Kier molecular flexibility index (Phi) is 5.41. The molecule has 1 atom stereocenters. The van der Waals surface area contributed by atoms with Gasteiger partial charge < -0.3 is 9.84 Å². The molecular formula is C20H25N5O3S2. The van der Waals surface area contributed by atoms with Crippen molar-refractivity contribution in [2.24, 2.45) is 0 Å². The second-order valence-corrected chi connectivity index (χ2v) is 10.8. The number of aromatic nitrogens is 3.